The van der Waals surface area contributed by atoms with Gasteiger partial charge in [-0.15, -0.1) is 11.3 Å². The van der Waals surface area contributed by atoms with E-state index in [0.29, 0.717) is 11.2 Å². The van der Waals surface area contributed by atoms with E-state index in [9.17, 15) is 10.1 Å². The summed E-state index contributed by atoms with van der Waals surface area (Å²) in [6, 6.07) is 3.71. The number of thiazole rings is 1. The lowest BCUT2D eigenvalue weighted by molar-refractivity contribution is -0.382. The molecule has 21 heavy (non-hydrogen) atoms. The highest BCUT2D eigenvalue weighted by Crippen LogP contribution is 2.41. The molecule has 2 aromatic rings. The fourth-order valence-electron chi connectivity index (χ4n) is 2.97. The van der Waals surface area contributed by atoms with Crippen molar-refractivity contribution in [1.82, 2.24) is 4.98 Å². The summed E-state index contributed by atoms with van der Waals surface area (Å²) in [7, 11) is 0. The molecule has 0 unspecified atom stereocenters. The van der Waals surface area contributed by atoms with Crippen LogP contribution in [-0.4, -0.2) is 27.5 Å². The zero-order valence-electron chi connectivity index (χ0n) is 11.8. The Morgan fingerprint density at radius 2 is 2.24 bits per heavy atom. The molecule has 5 nitrogen and oxygen atoms in total. The molecule has 1 aliphatic carbocycles. The van der Waals surface area contributed by atoms with Crippen LogP contribution in [-0.2, 0) is 0 Å². The lowest BCUT2D eigenvalue weighted by Crippen LogP contribution is -2.30. The van der Waals surface area contributed by atoms with Crippen molar-refractivity contribution in [2.24, 2.45) is 0 Å². The van der Waals surface area contributed by atoms with E-state index >= 15 is 0 Å². The van der Waals surface area contributed by atoms with Crippen molar-refractivity contribution in [3.05, 3.63) is 27.8 Å². The molecule has 0 spiro atoms. The van der Waals surface area contributed by atoms with Gasteiger partial charge in [-0.3, -0.25) is 10.1 Å². The van der Waals surface area contributed by atoms with E-state index in [-0.39, 0.29) is 15.4 Å². The van der Waals surface area contributed by atoms with Crippen molar-refractivity contribution in [1.29, 1.82) is 0 Å². The maximum absolute atomic E-state index is 11.4. The molecule has 0 radical (unpaired) electrons. The van der Waals surface area contributed by atoms with Crippen LogP contribution in [0.3, 0.4) is 0 Å². The van der Waals surface area contributed by atoms with Gasteiger partial charge in [-0.25, -0.2) is 4.98 Å². The number of nitrogens with one attached hydrogen (secondary N) is 1. The molecule has 1 aromatic carbocycles. The highest BCUT2D eigenvalue weighted by Gasteiger charge is 2.33. The minimum Gasteiger partial charge on any atom is -0.378 e. The fourth-order valence-corrected chi connectivity index (χ4v) is 4.57. The Kier molecular flexibility index (Phi) is 4.03. The standard InChI is InChI=1S/C14H17N3O2S2/c1-20-14(6-2-3-7-14)8-15-10-4-5-11-12(16-9-21-11)13(10)17(18)19/h4-5,9,15H,2-3,6-8H2,1H3. The van der Waals surface area contributed by atoms with Crippen LogP contribution in [0, 0.1) is 10.1 Å². The fraction of sp³-hybridized carbons (Fsp3) is 0.500. The molecule has 3 rings (SSSR count). The molecule has 0 atom stereocenters. The van der Waals surface area contributed by atoms with Crippen molar-refractivity contribution in [2.45, 2.75) is 30.4 Å². The van der Waals surface area contributed by atoms with Crippen molar-refractivity contribution < 1.29 is 4.92 Å². The second-order valence-electron chi connectivity index (χ2n) is 5.37. The van der Waals surface area contributed by atoms with Crippen LogP contribution in [0.15, 0.2) is 17.6 Å². The van der Waals surface area contributed by atoms with Gasteiger partial charge >= 0.3 is 5.69 Å². The van der Waals surface area contributed by atoms with Gasteiger partial charge in [0.1, 0.15) is 5.69 Å². The number of anilines is 1. The number of benzene rings is 1. The highest BCUT2D eigenvalue weighted by atomic mass is 32.2. The van der Waals surface area contributed by atoms with Gasteiger partial charge in [-0.2, -0.15) is 11.8 Å². The molecule has 1 aromatic heterocycles. The van der Waals surface area contributed by atoms with Crippen molar-refractivity contribution in [3.8, 4) is 0 Å². The Hall–Kier alpha value is -1.34. The SMILES string of the molecule is CSC1(CNc2ccc3scnc3c2[N+](=O)[O-])CCCC1. The largest absolute Gasteiger partial charge is 0.378 e. The number of fused-ring (bicyclic) bond motifs is 1. The number of nitrogens with zero attached hydrogens (tertiary/aromatic N) is 2. The predicted octanol–water partition coefficient (Wildman–Crippen LogP) is 4.29. The Morgan fingerprint density at radius 3 is 2.90 bits per heavy atom. The van der Waals surface area contributed by atoms with Gasteiger partial charge in [-0.05, 0) is 31.2 Å². The average molecular weight is 323 g/mol. The number of nitro groups is 1. The summed E-state index contributed by atoms with van der Waals surface area (Å²) in [5, 5.41) is 14.7. The Balaban J connectivity index is 1.89. The van der Waals surface area contributed by atoms with E-state index in [2.05, 4.69) is 16.6 Å². The molecule has 0 amide bonds. The van der Waals surface area contributed by atoms with Crippen LogP contribution in [0.2, 0.25) is 0 Å². The van der Waals surface area contributed by atoms with Gasteiger partial charge in [0, 0.05) is 11.3 Å². The van der Waals surface area contributed by atoms with E-state index in [1.165, 1.54) is 37.0 Å². The van der Waals surface area contributed by atoms with Crippen LogP contribution in [0.4, 0.5) is 11.4 Å². The van der Waals surface area contributed by atoms with Gasteiger partial charge in [0.15, 0.2) is 5.52 Å². The summed E-state index contributed by atoms with van der Waals surface area (Å²) in [5.74, 6) is 0. The first-order valence-electron chi connectivity index (χ1n) is 6.95. The molecule has 112 valence electrons. The van der Waals surface area contributed by atoms with Gasteiger partial charge in [0.2, 0.25) is 0 Å². The third-order valence-corrected chi connectivity index (χ3v) is 6.42. The lowest BCUT2D eigenvalue weighted by Gasteiger charge is -2.27. The van der Waals surface area contributed by atoms with Crippen LogP contribution in [0.1, 0.15) is 25.7 Å². The van der Waals surface area contributed by atoms with Crippen LogP contribution in [0.25, 0.3) is 10.2 Å². The number of hydrogen-bond acceptors (Lipinski definition) is 6. The molecule has 1 saturated carbocycles. The highest BCUT2D eigenvalue weighted by molar-refractivity contribution is 8.00. The smallest absolute Gasteiger partial charge is 0.319 e. The quantitative estimate of drug-likeness (QED) is 0.656. The number of thioether (sulfide) groups is 1. The van der Waals surface area contributed by atoms with E-state index in [1.807, 2.05) is 23.9 Å². The third kappa shape index (κ3) is 2.72. The second kappa shape index (κ2) is 5.81. The zero-order chi connectivity index (χ0) is 14.9. The molecule has 1 N–H and O–H groups in total. The average Bonchev–Trinajstić information content (AvgIpc) is 3.13. The molecule has 0 saturated heterocycles. The Labute approximate surface area is 131 Å². The van der Waals surface area contributed by atoms with E-state index in [1.54, 1.807) is 5.51 Å². The summed E-state index contributed by atoms with van der Waals surface area (Å²) in [6.45, 7) is 0.769. The molecule has 0 bridgehead atoms. The first-order chi connectivity index (χ1) is 10.2. The summed E-state index contributed by atoms with van der Waals surface area (Å²) >= 11 is 3.30. The first kappa shape index (κ1) is 14.6. The van der Waals surface area contributed by atoms with Crippen molar-refractivity contribution in [3.63, 3.8) is 0 Å². The molecule has 1 aliphatic rings. The molecule has 0 aliphatic heterocycles. The zero-order valence-corrected chi connectivity index (χ0v) is 13.4. The van der Waals surface area contributed by atoms with Crippen molar-refractivity contribution >= 4 is 44.7 Å². The summed E-state index contributed by atoms with van der Waals surface area (Å²) in [4.78, 5) is 15.2. The Bertz CT molecular complexity index is 665. The van der Waals surface area contributed by atoms with E-state index < -0.39 is 0 Å². The topological polar surface area (TPSA) is 68.1 Å². The van der Waals surface area contributed by atoms with E-state index in [0.717, 1.165) is 11.2 Å². The van der Waals surface area contributed by atoms with E-state index in [4.69, 9.17) is 0 Å². The van der Waals surface area contributed by atoms with Crippen molar-refractivity contribution in [2.75, 3.05) is 18.1 Å². The monoisotopic (exact) mass is 323 g/mol. The molecule has 7 heteroatoms. The molecular formula is C14H17N3O2S2. The Morgan fingerprint density at radius 1 is 1.48 bits per heavy atom. The number of aromatic nitrogens is 1. The first-order valence-corrected chi connectivity index (χ1v) is 9.05. The number of rotatable bonds is 5. The van der Waals surface area contributed by atoms with Gasteiger partial charge in [0.25, 0.3) is 0 Å². The number of nitro benzene ring substituents is 1. The maximum atomic E-state index is 11.4. The second-order valence-corrected chi connectivity index (χ2v) is 7.53. The summed E-state index contributed by atoms with van der Waals surface area (Å²) in [6.07, 6.45) is 6.97. The normalized spacial score (nSPS) is 17.2. The molecule has 1 heterocycles. The predicted molar refractivity (Wildman–Crippen MR) is 89.5 cm³/mol. The molecular weight excluding hydrogens is 306 g/mol. The lowest BCUT2D eigenvalue weighted by atomic mass is 10.1. The van der Waals surface area contributed by atoms with Gasteiger partial charge in [0.05, 0.1) is 15.1 Å². The summed E-state index contributed by atoms with van der Waals surface area (Å²) in [5.41, 5.74) is 2.82. The van der Waals surface area contributed by atoms with Gasteiger partial charge in [-0.1, -0.05) is 12.8 Å². The maximum Gasteiger partial charge on any atom is 0.319 e. The van der Waals surface area contributed by atoms with Gasteiger partial charge < -0.3 is 5.32 Å². The minimum absolute atomic E-state index is 0.1000. The van der Waals surface area contributed by atoms with Crippen LogP contribution >= 0.6 is 23.1 Å². The molecule has 1 fully saturated rings. The minimum atomic E-state index is -0.329. The van der Waals surface area contributed by atoms with Crippen LogP contribution < -0.4 is 5.32 Å². The third-order valence-electron chi connectivity index (χ3n) is 4.21. The number of hydrogen-bond donors (Lipinski definition) is 1. The van der Waals surface area contributed by atoms with Crippen LogP contribution in [0.5, 0.6) is 0 Å². The summed E-state index contributed by atoms with van der Waals surface area (Å²) < 4.78 is 1.07.